The van der Waals surface area contributed by atoms with E-state index in [0.29, 0.717) is 18.0 Å². The first-order valence-electron chi connectivity index (χ1n) is 8.01. The molecule has 25 heavy (non-hydrogen) atoms. The second-order valence-electron chi connectivity index (χ2n) is 6.42. The summed E-state index contributed by atoms with van der Waals surface area (Å²) in [5, 5.41) is 9.58. The fourth-order valence-electron chi connectivity index (χ4n) is 3.29. The van der Waals surface area contributed by atoms with Crippen LogP contribution in [0, 0.1) is 0 Å². The van der Waals surface area contributed by atoms with Gasteiger partial charge in [-0.05, 0) is 37.8 Å². The van der Waals surface area contributed by atoms with E-state index in [1.165, 1.54) is 6.20 Å². The summed E-state index contributed by atoms with van der Waals surface area (Å²) in [5.41, 5.74) is 0.600. The van der Waals surface area contributed by atoms with Gasteiger partial charge in [0.15, 0.2) is 5.69 Å². The molecule has 0 aliphatic carbocycles. The number of likely N-dealkylation sites (tertiary alicyclic amines) is 1. The van der Waals surface area contributed by atoms with E-state index in [1.54, 1.807) is 4.90 Å². The molecule has 0 radical (unpaired) electrons. The Morgan fingerprint density at radius 2 is 1.92 bits per heavy atom. The second-order valence-corrected chi connectivity index (χ2v) is 6.82. The Morgan fingerprint density at radius 3 is 2.56 bits per heavy atom. The van der Waals surface area contributed by atoms with Crippen LogP contribution in [0.25, 0.3) is 0 Å². The van der Waals surface area contributed by atoms with Crippen LogP contribution < -0.4 is 0 Å². The van der Waals surface area contributed by atoms with Gasteiger partial charge in [0.25, 0.3) is 5.91 Å². The van der Waals surface area contributed by atoms with Crippen molar-refractivity contribution in [3.63, 3.8) is 0 Å². The number of aromatic carboxylic acids is 1. The summed E-state index contributed by atoms with van der Waals surface area (Å²) in [6.45, 7) is 2.67. The summed E-state index contributed by atoms with van der Waals surface area (Å²) in [6.07, 6.45) is 4.74. The predicted molar refractivity (Wildman–Crippen MR) is 92.8 cm³/mol. The third kappa shape index (κ3) is 3.49. The molecule has 1 unspecified atom stereocenters. The van der Waals surface area contributed by atoms with Crippen molar-refractivity contribution in [3.05, 3.63) is 58.6 Å². The fraction of sp³-hybridized carbons (Fsp3) is 0.333. The van der Waals surface area contributed by atoms with E-state index >= 15 is 0 Å². The zero-order valence-electron chi connectivity index (χ0n) is 13.8. The largest absolute Gasteiger partial charge is 0.476 e. The van der Waals surface area contributed by atoms with Crippen molar-refractivity contribution >= 4 is 23.5 Å². The number of carboxylic acid groups (broad SMARTS) is 1. The molecular formula is C18H18ClN3O3. The average Bonchev–Trinajstić information content (AvgIpc) is 2.98. The lowest BCUT2D eigenvalue weighted by molar-refractivity contribution is 0.0613. The van der Waals surface area contributed by atoms with Crippen molar-refractivity contribution in [1.82, 2.24) is 14.9 Å². The molecule has 1 fully saturated rings. The maximum Gasteiger partial charge on any atom is 0.356 e. The maximum absolute atomic E-state index is 12.9. The van der Waals surface area contributed by atoms with Crippen LogP contribution >= 0.6 is 11.6 Å². The Hall–Kier alpha value is -2.47. The van der Waals surface area contributed by atoms with Gasteiger partial charge in [0.05, 0.1) is 12.4 Å². The van der Waals surface area contributed by atoms with Crippen LogP contribution in [0.5, 0.6) is 0 Å². The molecule has 1 aliphatic heterocycles. The second kappa shape index (κ2) is 6.80. The van der Waals surface area contributed by atoms with Crippen molar-refractivity contribution in [2.45, 2.75) is 31.7 Å². The third-order valence-electron chi connectivity index (χ3n) is 4.61. The maximum atomic E-state index is 12.9. The smallest absolute Gasteiger partial charge is 0.356 e. The lowest BCUT2D eigenvalue weighted by Crippen LogP contribution is -2.47. The molecule has 2 heterocycles. The highest BCUT2D eigenvalue weighted by atomic mass is 35.5. The predicted octanol–water partition coefficient (Wildman–Crippen LogP) is 3.07. The number of rotatable bonds is 4. The molecule has 130 valence electrons. The van der Waals surface area contributed by atoms with E-state index in [9.17, 15) is 9.59 Å². The highest BCUT2D eigenvalue weighted by Gasteiger charge is 2.40. The molecule has 1 amide bonds. The number of benzene rings is 1. The first kappa shape index (κ1) is 17.4. The first-order valence-corrected chi connectivity index (χ1v) is 8.39. The highest BCUT2D eigenvalue weighted by Crippen LogP contribution is 2.35. The van der Waals surface area contributed by atoms with Gasteiger partial charge in [-0.15, -0.1) is 0 Å². The lowest BCUT2D eigenvalue weighted by Gasteiger charge is -2.35. The van der Waals surface area contributed by atoms with Crippen molar-refractivity contribution in [3.8, 4) is 0 Å². The monoisotopic (exact) mass is 359 g/mol. The van der Waals surface area contributed by atoms with Gasteiger partial charge in [0, 0.05) is 17.1 Å². The molecule has 0 spiro atoms. The Labute approximate surface area is 150 Å². The molecular weight excluding hydrogens is 342 g/mol. The van der Waals surface area contributed by atoms with Crippen LogP contribution in [0.4, 0.5) is 0 Å². The number of amides is 1. The summed E-state index contributed by atoms with van der Waals surface area (Å²) in [7, 11) is 0. The summed E-state index contributed by atoms with van der Waals surface area (Å²) in [5.74, 6) is -1.41. The van der Waals surface area contributed by atoms with Gasteiger partial charge in [0.1, 0.15) is 5.69 Å². The van der Waals surface area contributed by atoms with Crippen molar-refractivity contribution in [1.29, 1.82) is 0 Å². The number of halogens is 1. The SMILES string of the molecule is CC1(Cc2ccccc2Cl)CCCN1C(=O)c1cnc(C(=O)O)cn1. The van der Waals surface area contributed by atoms with Gasteiger partial charge < -0.3 is 10.0 Å². The normalized spacial score (nSPS) is 19.8. The van der Waals surface area contributed by atoms with E-state index in [2.05, 4.69) is 9.97 Å². The fourth-order valence-corrected chi connectivity index (χ4v) is 3.50. The molecule has 6 nitrogen and oxygen atoms in total. The first-order chi connectivity index (χ1) is 11.9. The van der Waals surface area contributed by atoms with Crippen molar-refractivity contribution in [2.75, 3.05) is 6.54 Å². The average molecular weight is 360 g/mol. The number of aromatic nitrogens is 2. The highest BCUT2D eigenvalue weighted by molar-refractivity contribution is 6.31. The molecule has 7 heteroatoms. The molecule has 1 aliphatic rings. The number of carbonyl (C=O) groups excluding carboxylic acids is 1. The molecule has 3 rings (SSSR count). The third-order valence-corrected chi connectivity index (χ3v) is 4.98. The molecule has 2 aromatic rings. The summed E-state index contributed by atoms with van der Waals surface area (Å²) >= 11 is 6.27. The van der Waals surface area contributed by atoms with Crippen LogP contribution in [-0.2, 0) is 6.42 Å². The van der Waals surface area contributed by atoms with Crippen LogP contribution in [0.1, 0.15) is 46.3 Å². The number of carbonyl (C=O) groups is 2. The minimum atomic E-state index is -1.17. The van der Waals surface area contributed by atoms with Gasteiger partial charge in [-0.3, -0.25) is 4.79 Å². The van der Waals surface area contributed by atoms with E-state index in [1.807, 2.05) is 31.2 Å². The van der Waals surface area contributed by atoms with Gasteiger partial charge in [0.2, 0.25) is 0 Å². The van der Waals surface area contributed by atoms with Gasteiger partial charge >= 0.3 is 5.97 Å². The van der Waals surface area contributed by atoms with Crippen LogP contribution in [0.3, 0.4) is 0 Å². The Balaban J connectivity index is 1.83. The lowest BCUT2D eigenvalue weighted by atomic mass is 9.90. The number of hydrogen-bond acceptors (Lipinski definition) is 4. The Morgan fingerprint density at radius 1 is 1.24 bits per heavy atom. The minimum absolute atomic E-state index is 0.150. The van der Waals surface area contributed by atoms with Gasteiger partial charge in [-0.25, -0.2) is 14.8 Å². The van der Waals surface area contributed by atoms with E-state index in [0.717, 1.165) is 24.6 Å². The zero-order valence-corrected chi connectivity index (χ0v) is 14.5. The number of hydrogen-bond donors (Lipinski definition) is 1. The Bertz CT molecular complexity index is 809. The molecule has 1 saturated heterocycles. The van der Waals surface area contributed by atoms with Crippen molar-refractivity contribution in [2.24, 2.45) is 0 Å². The Kier molecular flexibility index (Phi) is 4.72. The number of carboxylic acids is 1. The molecule has 0 saturated carbocycles. The molecule has 1 atom stereocenters. The van der Waals surface area contributed by atoms with Gasteiger partial charge in [-0.1, -0.05) is 29.8 Å². The standard InChI is InChI=1S/C18H18ClN3O3/c1-18(9-12-5-2-3-6-13(12)19)7-4-8-22(18)16(23)14-10-21-15(11-20-14)17(24)25/h2-3,5-6,10-11H,4,7-9H2,1H3,(H,24,25). The molecule has 0 bridgehead atoms. The minimum Gasteiger partial charge on any atom is -0.476 e. The van der Waals surface area contributed by atoms with Crippen molar-refractivity contribution < 1.29 is 14.7 Å². The molecule has 1 aromatic heterocycles. The summed E-state index contributed by atoms with van der Waals surface area (Å²) < 4.78 is 0. The molecule has 1 aromatic carbocycles. The van der Waals surface area contributed by atoms with Gasteiger partial charge in [-0.2, -0.15) is 0 Å². The van der Waals surface area contributed by atoms with E-state index < -0.39 is 5.97 Å². The zero-order chi connectivity index (χ0) is 18.0. The van der Waals surface area contributed by atoms with Crippen LogP contribution in [0.15, 0.2) is 36.7 Å². The quantitative estimate of drug-likeness (QED) is 0.907. The van der Waals surface area contributed by atoms with E-state index in [4.69, 9.17) is 16.7 Å². The van der Waals surface area contributed by atoms with Crippen LogP contribution in [-0.4, -0.2) is 43.9 Å². The summed E-state index contributed by atoms with van der Waals surface area (Å²) in [6, 6.07) is 7.63. The summed E-state index contributed by atoms with van der Waals surface area (Å²) in [4.78, 5) is 33.3. The number of nitrogens with zero attached hydrogens (tertiary/aromatic N) is 3. The van der Waals surface area contributed by atoms with E-state index in [-0.39, 0.29) is 22.8 Å². The topological polar surface area (TPSA) is 83.4 Å². The van der Waals surface area contributed by atoms with Crippen LogP contribution in [0.2, 0.25) is 5.02 Å². The molecule has 1 N–H and O–H groups in total.